The van der Waals surface area contributed by atoms with E-state index < -0.39 is 140 Å². The number of rotatable bonds is 37. The van der Waals surface area contributed by atoms with E-state index >= 15 is 0 Å². The standard InChI is InChI=1S/C14H13BrFN5O5S2.C14H16BrFN4O4S2.C13H9BrClFN4O5S2.C13H10BrFN4O6S2.C10H3BrFN5O5.C3H7O2S2.CH5N.Cl2OS.ClH.2Na.2H2O/c1-17-28(23,24)6-2-5-27-13-11(18-26-20-13)12-19-25-14(22)21(12)8-3-4-10(16)9(15)7-8;1-17-26(22,23)6-2-5-25-14-13(19-24-20-14)12(18-21)8-9-3-4-11(16)10(15)7-9;14-8-6-7(2-3-9(8)16)20-11(18-24-13(20)21)10-12(19-25-17-10)26-4-1-5-27(15,22)23;14-8-6-7(2-3-9(8)15)19-11(17-24-13(19)20)10-12(18-25-16-10)26-4-1-5-27(21,22)23;11-5-3-4(1-2-6(5)12)16-8(14-21-10(16)18)7-9(17(19)20)15-22-13-7;4-7(5)3-1-2-6;1-2;1-4(2)3;;;;;/h3-4,7,17H,2,5-6H2,1H3;3-4,7,17,21H,2,5-6,8H2,1H3;2-3,6H,1,4-5H2;2-3,6H,1,4-5H2,(H,21,22,23);1-3H;6H,1-3H2;2H2,1H3;;1H;;;2*1H2/q;;;;;-1;;;;2*+1;;/p-2/b;18-12+;;;;;;;;;;;/i;;;;;;1D3;;;;;;. The Morgan fingerprint density at radius 2 is 0.804 bits per heavy atom. The topological polar surface area (TPSA) is 781 Å². The number of nitrogens with one attached hydrogen (secondary N) is 2. The minimum absolute atomic E-state index is 0. The largest absolute Gasteiger partial charge is 1.00 e. The second kappa shape index (κ2) is 67.0. The number of nitrogens with zero attached hydrogens (tertiary/aromatic N) is 20. The van der Waals surface area contributed by atoms with Gasteiger partial charge in [0.25, 0.3) is 15.8 Å². The van der Waals surface area contributed by atoms with E-state index in [0.29, 0.717) is 68.0 Å². The average Bonchev–Trinajstić information content (AvgIpc) is 1.65. The molecule has 53 nitrogen and oxygen atoms in total. The summed E-state index contributed by atoms with van der Waals surface area (Å²) in [5.74, 6) is -5.10. The smallest absolute Gasteiger partial charge is 0.870 e. The molecule has 14 rings (SSSR count). The molecule has 80 heteroatoms. The Balaban J connectivity index is 0.000000610. The summed E-state index contributed by atoms with van der Waals surface area (Å²) in [7, 11) is -0.837. The molecule has 0 bridgehead atoms. The van der Waals surface area contributed by atoms with Crippen molar-refractivity contribution in [3.8, 4) is 68.8 Å². The zero-order valence-electron chi connectivity index (χ0n) is 77.3. The number of aromatic nitrogens is 18. The molecule has 148 heavy (non-hydrogen) atoms. The van der Waals surface area contributed by atoms with Crippen LogP contribution in [-0.2, 0) is 74.0 Å². The fraction of sp³-hybridized carbons (Fsp3) is 0.279. The van der Waals surface area contributed by atoms with E-state index in [4.69, 9.17) is 46.5 Å². The first-order valence-electron chi connectivity index (χ1n) is 39.2. The van der Waals surface area contributed by atoms with Crippen LogP contribution in [0.25, 0.3) is 68.8 Å². The van der Waals surface area contributed by atoms with Gasteiger partial charge in [-0.15, -0.1) is 64.1 Å². The molecule has 0 spiro atoms. The van der Waals surface area contributed by atoms with Crippen LogP contribution < -0.4 is 97.3 Å². The number of benzene rings is 5. The molecule has 5 aromatic carbocycles. The summed E-state index contributed by atoms with van der Waals surface area (Å²) in [6, 6.07) is 19.8. The van der Waals surface area contributed by atoms with Gasteiger partial charge >= 0.3 is 88.0 Å². The summed E-state index contributed by atoms with van der Waals surface area (Å²) >= 11 is 23.7. The number of halogens is 14. The Morgan fingerprint density at radius 3 is 1.09 bits per heavy atom. The minimum atomic E-state index is -4.06. The van der Waals surface area contributed by atoms with E-state index in [1.165, 1.54) is 104 Å². The molecule has 9 heterocycles. The number of oxime groups is 1. The summed E-state index contributed by atoms with van der Waals surface area (Å²) in [6.45, 7) is -2.25. The summed E-state index contributed by atoms with van der Waals surface area (Å²) in [5, 5.41) is 75.5. The third-order valence-electron chi connectivity index (χ3n) is 16.4. The van der Waals surface area contributed by atoms with Crippen LogP contribution in [0.4, 0.5) is 27.8 Å². The van der Waals surface area contributed by atoms with Gasteiger partial charge in [-0.25, -0.2) is 117 Å². The maximum atomic E-state index is 13.5. The van der Waals surface area contributed by atoms with Crippen molar-refractivity contribution in [2.75, 3.05) is 78.6 Å². The number of nitro groups is 1. The van der Waals surface area contributed by atoms with Gasteiger partial charge in [-0.3, -0.25) is 22.6 Å². The van der Waals surface area contributed by atoms with Crippen LogP contribution in [0, 0.1) is 39.2 Å². The van der Waals surface area contributed by atoms with Gasteiger partial charge in [-0.1, -0.05) is 54.7 Å². The SMILES string of the molecule is CNS(=O)(=O)CCCSc1nonc1-c1noc(=O)n1-c1ccc(F)c(Br)c1.CNS(=O)(=O)CCCSc1nonc1/C(Cc1ccc(F)c(Br)c1)=N/O.Cl.O=S(Cl)Cl.O=[S-](=O)CCCS.O=c1onc(-c2nonc2SCCCS(=O)(=O)Cl)n1-c1ccc(F)c(Br)c1.O=c1onc(-c2nonc2SCCCS(=O)(=O)O)n1-c1ccc(F)c(Br)c1.O=c1onc(-c2nonc2[N+](=O)[O-])n1-c1ccc(F)c(Br)c1.[2H]C([2H])([2H])N.[Na+].[Na+].[OH-].[OH-]. The summed E-state index contributed by atoms with van der Waals surface area (Å²) in [6.07, 6.45) is 2.03. The Kier molecular flexibility index (Phi) is 59.5. The molecular weight excluding hydrogens is 2650 g/mol. The van der Waals surface area contributed by atoms with Crippen LogP contribution in [0.5, 0.6) is 0 Å². The molecule has 0 unspecified atom stereocenters. The molecule has 0 amide bonds. The molecule has 800 valence electrons. The van der Waals surface area contributed by atoms with Crippen molar-refractivity contribution in [2.24, 2.45) is 10.9 Å². The van der Waals surface area contributed by atoms with Crippen LogP contribution in [0.3, 0.4) is 0 Å². The van der Waals surface area contributed by atoms with Gasteiger partial charge in [0.15, 0.2) is 48.0 Å². The molecule has 0 saturated heterocycles. The van der Waals surface area contributed by atoms with Crippen molar-refractivity contribution in [2.45, 2.75) is 58.6 Å². The number of hydrogen-bond acceptors (Lipinski definition) is 51. The van der Waals surface area contributed by atoms with Crippen LogP contribution in [0.2, 0.25) is 0 Å². The van der Waals surface area contributed by atoms with E-state index in [1.807, 2.05) is 0 Å². The molecule has 14 aromatic rings. The van der Waals surface area contributed by atoms with Gasteiger partial charge < -0.3 is 40.4 Å². The predicted octanol–water partition coefficient (Wildman–Crippen LogP) is 6.20. The van der Waals surface area contributed by atoms with Crippen LogP contribution in [0.15, 0.2) is 199 Å². The van der Waals surface area contributed by atoms with Gasteiger partial charge in [-0.2, -0.15) is 21.0 Å². The Hall–Kier alpha value is -6.95. The van der Waals surface area contributed by atoms with Gasteiger partial charge in [0.05, 0.1) is 68.1 Å². The molecule has 0 aliphatic rings. The van der Waals surface area contributed by atoms with Gasteiger partial charge in [-0.05, 0) is 274 Å². The normalized spacial score (nSPS) is 11.5. The molecule has 0 saturated carbocycles. The number of hydrogen-bond donors (Lipinski definition) is 6. The number of sulfonamides is 2. The average molecular weight is 2720 g/mol. The minimum Gasteiger partial charge on any atom is -0.870 e. The Bertz CT molecular complexity index is 7530. The summed E-state index contributed by atoms with van der Waals surface area (Å²) in [4.78, 5) is 58.0. The summed E-state index contributed by atoms with van der Waals surface area (Å²) in [5.41, 5.74) is 6.51. The molecular formula is C68H66Br5Cl4F5N23Na2O30S11-. The molecule has 9 aromatic heterocycles. The van der Waals surface area contributed by atoms with Crippen molar-refractivity contribution in [3.63, 3.8) is 0 Å². The maximum absolute atomic E-state index is 13.5. The maximum Gasteiger partial charge on any atom is 1.00 e. The molecule has 0 fully saturated rings. The fourth-order valence-electron chi connectivity index (χ4n) is 10.2. The monoisotopic (exact) mass is 2710 g/mol. The van der Waals surface area contributed by atoms with Gasteiger partial charge in [0.2, 0.25) is 61.6 Å². The summed E-state index contributed by atoms with van der Waals surface area (Å²) < 4.78 is 263. The molecule has 8 N–H and O–H groups in total. The predicted molar refractivity (Wildman–Crippen MR) is 536 cm³/mol. The van der Waals surface area contributed by atoms with Crippen LogP contribution in [-0.4, -0.2) is 238 Å². The Labute approximate surface area is 964 Å². The van der Waals surface area contributed by atoms with Crippen molar-refractivity contribution in [1.82, 2.24) is 99.9 Å². The van der Waals surface area contributed by atoms with Crippen molar-refractivity contribution < 1.29 is 198 Å². The van der Waals surface area contributed by atoms with Crippen molar-refractivity contribution in [3.05, 3.63) is 206 Å². The molecule has 0 atom stereocenters. The Morgan fingerprint density at radius 1 is 0.514 bits per heavy atom. The third kappa shape index (κ3) is 43.1. The van der Waals surface area contributed by atoms with E-state index in [9.17, 15) is 98.5 Å². The molecule has 0 aliphatic carbocycles. The van der Waals surface area contributed by atoms with Crippen LogP contribution in [0.1, 0.15) is 47.5 Å². The second-order valence-electron chi connectivity index (χ2n) is 25.8. The van der Waals surface area contributed by atoms with Crippen molar-refractivity contribution in [1.29, 1.82) is 0 Å². The first kappa shape index (κ1) is 131. The van der Waals surface area contributed by atoms with Crippen molar-refractivity contribution >= 4 is 254 Å². The number of nitrogens with two attached hydrogens (primary N) is 1. The molecule has 0 aliphatic heterocycles. The van der Waals surface area contributed by atoms with E-state index in [0.717, 1.165) is 53.9 Å². The van der Waals surface area contributed by atoms with Gasteiger partial charge in [0, 0.05) is 65.6 Å². The zero-order chi connectivity index (χ0) is 108. The van der Waals surface area contributed by atoms with E-state index in [2.05, 4.69) is 224 Å². The fourth-order valence-corrected chi connectivity index (χ4v) is 19.7. The number of thioether (sulfide) groups is 4. The van der Waals surface area contributed by atoms with Crippen LogP contribution >= 0.6 is 184 Å². The zero-order valence-corrected chi connectivity index (χ0v) is 98.3. The van der Waals surface area contributed by atoms with E-state index in [-0.39, 0.29) is 227 Å². The first-order chi connectivity index (χ1) is 68.7. The second-order valence-corrected chi connectivity index (χ2v) is 47.0. The molecule has 0 radical (unpaired) electrons. The first-order valence-corrected chi connectivity index (χ1v) is 57.7. The number of thiol groups is 1. The van der Waals surface area contributed by atoms with E-state index in [1.54, 1.807) is 12.1 Å². The van der Waals surface area contributed by atoms with Gasteiger partial charge in [0.1, 0.15) is 34.8 Å². The third-order valence-corrected chi connectivity index (χ3v) is 29.4. The quantitative estimate of drug-likeness (QED) is 0.00205.